The maximum absolute atomic E-state index is 13.9. The number of nitrogens with one attached hydrogen (secondary N) is 1. The van der Waals surface area contributed by atoms with E-state index in [0.717, 1.165) is 28.2 Å². The lowest BCUT2D eigenvalue weighted by Crippen LogP contribution is -2.62. The van der Waals surface area contributed by atoms with E-state index in [4.69, 9.17) is 39.3 Å². The van der Waals surface area contributed by atoms with Crippen molar-refractivity contribution < 1.29 is 37.5 Å². The van der Waals surface area contributed by atoms with E-state index < -0.39 is 32.6 Å². The maximum atomic E-state index is 13.9. The Morgan fingerprint density at radius 1 is 0.814 bits per heavy atom. The number of amides is 1. The van der Waals surface area contributed by atoms with Crippen molar-refractivity contribution in [2.75, 3.05) is 40.6 Å². The second kappa shape index (κ2) is 22.3. The first-order valence-electron chi connectivity index (χ1n) is 20.4. The normalized spacial score (nSPS) is 20.0. The van der Waals surface area contributed by atoms with Gasteiger partial charge in [-0.15, -0.1) is 0 Å². The number of hydrogen-bond donors (Lipinski definition) is 1. The van der Waals surface area contributed by atoms with Crippen LogP contribution in [0, 0.1) is 12.5 Å². The van der Waals surface area contributed by atoms with Gasteiger partial charge in [-0.05, 0) is 87.2 Å². The first-order valence-corrected chi connectivity index (χ1v) is 21.5. The Labute approximate surface area is 352 Å². The fourth-order valence-corrected chi connectivity index (χ4v) is 9.47. The summed E-state index contributed by atoms with van der Waals surface area (Å²) in [5.41, 5.74) is 2.19. The van der Waals surface area contributed by atoms with Gasteiger partial charge in [0.2, 0.25) is 6.54 Å². The molecule has 4 aromatic rings. The predicted molar refractivity (Wildman–Crippen MR) is 231 cm³/mol. The van der Waals surface area contributed by atoms with Crippen LogP contribution in [0.1, 0.15) is 75.0 Å². The van der Waals surface area contributed by atoms with Crippen LogP contribution in [0.4, 0.5) is 0 Å². The molecule has 1 aliphatic heterocycles. The van der Waals surface area contributed by atoms with E-state index in [1.54, 1.807) is 26.4 Å². The molecular weight excluding hydrogens is 766 g/mol. The van der Waals surface area contributed by atoms with E-state index in [1.165, 1.54) is 0 Å². The Balaban J connectivity index is 1.50. The average Bonchev–Trinajstić information content (AvgIpc) is 3.26. The lowest BCUT2D eigenvalue weighted by atomic mass is 9.80. The first-order chi connectivity index (χ1) is 28.6. The monoisotopic (exact) mass is 825 g/mol. The molecule has 316 valence electrons. The van der Waals surface area contributed by atoms with Gasteiger partial charge in [0.1, 0.15) is 29.7 Å². The van der Waals surface area contributed by atoms with Gasteiger partial charge in [-0.3, -0.25) is 4.79 Å². The van der Waals surface area contributed by atoms with Gasteiger partial charge in [-0.25, -0.2) is 11.2 Å². The molecule has 5 rings (SSSR count). The minimum absolute atomic E-state index is 0.0917. The van der Waals surface area contributed by atoms with Crippen LogP contribution in [0.3, 0.4) is 0 Å². The van der Waals surface area contributed by atoms with Crippen LogP contribution in [-0.2, 0) is 28.9 Å². The van der Waals surface area contributed by atoms with E-state index in [9.17, 15) is 4.79 Å². The van der Waals surface area contributed by atoms with Crippen LogP contribution in [0.15, 0.2) is 109 Å². The largest absolute Gasteiger partial charge is 0.497 e. The highest BCUT2D eigenvalue weighted by molar-refractivity contribution is 7.44. The van der Waals surface area contributed by atoms with Gasteiger partial charge >= 0.3 is 0 Å². The number of methoxy groups -OCH3 is 2. The van der Waals surface area contributed by atoms with Crippen LogP contribution in [0.25, 0.3) is 4.85 Å². The standard InChI is InChI=1S/C47H60N3O8P/c1-10-42-35(6)44(58-59(56-30-29-48-7)50(33(2)3)34(4)5)43(49-45(51)36-17-13-11-14-18-36)46(57-42)54-31-32-55-47(37-19-15-12-16-20-37,38-21-25-40(52-8)26-22-38)39-23-27-41(53-9)28-24-39/h11-28,33-35,42-44,46H,10,29-32H2,1-6,8-9H3,(H,49,51). The summed E-state index contributed by atoms with van der Waals surface area (Å²) in [6.07, 6.45) is -1.01. The zero-order chi connectivity index (χ0) is 42.4. The van der Waals surface area contributed by atoms with Gasteiger partial charge in [0.15, 0.2) is 6.29 Å². The molecule has 4 aromatic carbocycles. The van der Waals surface area contributed by atoms with Crippen LogP contribution in [0.2, 0.25) is 0 Å². The Bertz CT molecular complexity index is 1840. The summed E-state index contributed by atoms with van der Waals surface area (Å²) in [5.74, 6) is 1.04. The van der Waals surface area contributed by atoms with E-state index in [0.29, 0.717) is 12.0 Å². The van der Waals surface area contributed by atoms with Gasteiger partial charge in [-0.2, -0.15) is 0 Å². The molecule has 1 heterocycles. The highest BCUT2D eigenvalue weighted by Gasteiger charge is 2.48. The fourth-order valence-electron chi connectivity index (χ4n) is 7.65. The molecule has 0 bridgehead atoms. The third-order valence-electron chi connectivity index (χ3n) is 10.5. The Morgan fingerprint density at radius 2 is 1.36 bits per heavy atom. The second-order valence-corrected chi connectivity index (χ2v) is 16.4. The molecule has 0 aliphatic carbocycles. The van der Waals surface area contributed by atoms with E-state index in [1.807, 2.05) is 84.9 Å². The molecular formula is C47H60N3O8P. The summed E-state index contributed by atoms with van der Waals surface area (Å²) >= 11 is 0. The van der Waals surface area contributed by atoms with Gasteiger partial charge < -0.3 is 42.9 Å². The minimum Gasteiger partial charge on any atom is -0.497 e. The maximum Gasteiger partial charge on any atom is 0.259 e. The molecule has 6 atom stereocenters. The zero-order valence-corrected chi connectivity index (χ0v) is 36.5. The number of nitrogens with zero attached hydrogens (tertiary/aromatic N) is 2. The molecule has 1 N–H and O–H groups in total. The van der Waals surface area contributed by atoms with Crippen LogP contribution >= 0.6 is 8.53 Å². The lowest BCUT2D eigenvalue weighted by molar-refractivity contribution is -0.248. The summed E-state index contributed by atoms with van der Waals surface area (Å²) in [4.78, 5) is 17.5. The summed E-state index contributed by atoms with van der Waals surface area (Å²) < 4.78 is 47.2. The number of hydrogen-bond acceptors (Lipinski definition) is 9. The molecule has 0 saturated carbocycles. The van der Waals surface area contributed by atoms with Gasteiger partial charge in [0, 0.05) is 23.6 Å². The third-order valence-corrected chi connectivity index (χ3v) is 12.6. The van der Waals surface area contributed by atoms with Crippen molar-refractivity contribution in [3.63, 3.8) is 0 Å². The molecule has 59 heavy (non-hydrogen) atoms. The molecule has 0 aromatic heterocycles. The molecule has 0 radical (unpaired) electrons. The van der Waals surface area contributed by atoms with Crippen molar-refractivity contribution in [2.24, 2.45) is 5.92 Å². The van der Waals surface area contributed by atoms with Gasteiger partial charge in [0.25, 0.3) is 14.4 Å². The number of ether oxygens (including phenoxy) is 5. The lowest BCUT2D eigenvalue weighted by Gasteiger charge is -2.47. The molecule has 1 amide bonds. The Kier molecular flexibility index (Phi) is 17.3. The van der Waals surface area contributed by atoms with E-state index in [2.05, 4.69) is 68.5 Å². The zero-order valence-electron chi connectivity index (χ0n) is 35.6. The smallest absolute Gasteiger partial charge is 0.259 e. The molecule has 12 heteroatoms. The highest BCUT2D eigenvalue weighted by atomic mass is 31.2. The summed E-state index contributed by atoms with van der Waals surface area (Å²) in [5, 5.41) is 3.25. The number of carbonyl (C=O) groups is 1. The molecule has 1 aliphatic rings. The summed E-state index contributed by atoms with van der Waals surface area (Å²) in [6.45, 7) is 20.7. The molecule has 11 nitrogen and oxygen atoms in total. The van der Waals surface area contributed by atoms with Crippen LogP contribution < -0.4 is 14.8 Å². The van der Waals surface area contributed by atoms with Crippen LogP contribution in [0.5, 0.6) is 11.5 Å². The van der Waals surface area contributed by atoms with E-state index in [-0.39, 0.29) is 56.4 Å². The van der Waals surface area contributed by atoms with Crippen molar-refractivity contribution in [2.45, 2.75) is 90.2 Å². The third kappa shape index (κ3) is 11.3. The van der Waals surface area contributed by atoms with Crippen molar-refractivity contribution in [1.82, 2.24) is 9.99 Å². The second-order valence-electron chi connectivity index (χ2n) is 15.0. The molecule has 1 saturated heterocycles. The van der Waals surface area contributed by atoms with Gasteiger partial charge in [-0.1, -0.05) is 86.6 Å². The van der Waals surface area contributed by atoms with Crippen LogP contribution in [-0.4, -0.2) is 87.8 Å². The first kappa shape index (κ1) is 45.7. The summed E-state index contributed by atoms with van der Waals surface area (Å²) in [6, 6.07) is 34.4. The van der Waals surface area contributed by atoms with Crippen molar-refractivity contribution in [1.29, 1.82) is 0 Å². The van der Waals surface area contributed by atoms with Crippen molar-refractivity contribution >= 4 is 14.4 Å². The van der Waals surface area contributed by atoms with E-state index >= 15 is 0 Å². The Hall–Kier alpha value is -4.37. The SMILES string of the molecule is [C-]#[N+]CCOP(OC1C(C)C(CC)OC(OCCOC(c2ccccc2)(c2ccc(OC)cc2)c2ccc(OC)cc2)C1NC(=O)c1ccccc1)N(C(C)C)C(C)C. The van der Waals surface area contributed by atoms with Crippen molar-refractivity contribution in [3.05, 3.63) is 143 Å². The summed E-state index contributed by atoms with van der Waals surface area (Å²) in [7, 11) is 1.65. The minimum atomic E-state index is -1.64. The van der Waals surface area contributed by atoms with Crippen molar-refractivity contribution in [3.8, 4) is 11.5 Å². The molecule has 0 spiro atoms. The quantitative estimate of drug-likeness (QED) is 0.0382. The Morgan fingerprint density at radius 3 is 1.86 bits per heavy atom. The predicted octanol–water partition coefficient (Wildman–Crippen LogP) is 9.27. The number of benzene rings is 4. The fraction of sp³-hybridized carbons (Fsp3) is 0.447. The molecule has 1 fully saturated rings. The van der Waals surface area contributed by atoms with Gasteiger partial charge in [0.05, 0.1) is 39.6 Å². The number of carbonyl (C=O) groups excluding carboxylic acids is 1. The molecule has 6 unspecified atom stereocenters. The highest BCUT2D eigenvalue weighted by Crippen LogP contribution is 2.50. The number of rotatable bonds is 21. The topological polar surface area (TPSA) is 101 Å². The average molecular weight is 826 g/mol.